The fourth-order valence-electron chi connectivity index (χ4n) is 1.61. The van der Waals surface area contributed by atoms with Gasteiger partial charge in [-0.2, -0.15) is 4.37 Å². The zero-order chi connectivity index (χ0) is 14.7. The van der Waals surface area contributed by atoms with E-state index >= 15 is 0 Å². The third kappa shape index (κ3) is 3.23. The molecule has 4 nitrogen and oxygen atoms in total. The molecule has 0 atom stereocenters. The minimum absolute atomic E-state index is 0.311. The molecule has 106 valence electrons. The molecule has 20 heavy (non-hydrogen) atoms. The molecule has 0 spiro atoms. The Morgan fingerprint density at radius 2 is 2.20 bits per heavy atom. The summed E-state index contributed by atoms with van der Waals surface area (Å²) in [5.41, 5.74) is 1.66. The number of carbonyl (C=O) groups is 1. The summed E-state index contributed by atoms with van der Waals surface area (Å²) >= 11 is 13.2. The number of anilines is 2. The van der Waals surface area contributed by atoms with E-state index in [4.69, 9.17) is 27.9 Å². The molecule has 1 N–H and O–H groups in total. The fourth-order valence-corrected chi connectivity index (χ4v) is 2.75. The van der Waals surface area contributed by atoms with Crippen LogP contribution >= 0.6 is 34.7 Å². The fraction of sp³-hybridized carbons (Fsp3) is 0.231. The van der Waals surface area contributed by atoms with Crippen LogP contribution in [-0.2, 0) is 4.74 Å². The lowest BCUT2D eigenvalue weighted by molar-refractivity contribution is 0.0527. The summed E-state index contributed by atoms with van der Waals surface area (Å²) in [6, 6.07) is 5.07. The second-order valence-electron chi connectivity index (χ2n) is 3.94. The van der Waals surface area contributed by atoms with Gasteiger partial charge in [-0.15, -0.1) is 0 Å². The number of aryl methyl sites for hydroxylation is 1. The largest absolute Gasteiger partial charge is 0.462 e. The van der Waals surface area contributed by atoms with E-state index in [9.17, 15) is 4.79 Å². The van der Waals surface area contributed by atoms with Crippen molar-refractivity contribution in [2.45, 2.75) is 13.8 Å². The minimum atomic E-state index is -0.403. The number of nitrogens with one attached hydrogen (secondary N) is 1. The van der Waals surface area contributed by atoms with Gasteiger partial charge in [-0.05, 0) is 43.6 Å². The van der Waals surface area contributed by atoms with E-state index in [1.165, 1.54) is 11.5 Å². The monoisotopic (exact) mass is 330 g/mol. The Hall–Kier alpha value is -1.30. The molecular weight excluding hydrogens is 319 g/mol. The maximum Gasteiger partial charge on any atom is 0.343 e. The van der Waals surface area contributed by atoms with E-state index in [0.717, 1.165) is 0 Å². The Balaban J connectivity index is 2.34. The van der Waals surface area contributed by atoms with Crippen LogP contribution in [0.1, 0.15) is 23.0 Å². The standard InChI is InChI=1S/C13H12Cl2N2O2S/c1-3-19-13(18)11-7(2)17-20-12(11)16-10-6-8(14)4-5-9(10)15/h4-6,16H,3H2,1-2H3. The average molecular weight is 331 g/mol. The number of benzene rings is 1. The van der Waals surface area contributed by atoms with Crippen molar-refractivity contribution < 1.29 is 9.53 Å². The number of rotatable bonds is 4. The summed E-state index contributed by atoms with van der Waals surface area (Å²) in [5, 5.41) is 4.73. The minimum Gasteiger partial charge on any atom is -0.462 e. The smallest absolute Gasteiger partial charge is 0.343 e. The second-order valence-corrected chi connectivity index (χ2v) is 5.56. The molecule has 2 aromatic rings. The van der Waals surface area contributed by atoms with Crippen LogP contribution in [0.2, 0.25) is 10.0 Å². The molecule has 7 heteroatoms. The van der Waals surface area contributed by atoms with Crippen molar-refractivity contribution in [1.82, 2.24) is 4.37 Å². The van der Waals surface area contributed by atoms with Crippen molar-refractivity contribution in [2.24, 2.45) is 0 Å². The molecular formula is C13H12Cl2N2O2S. The van der Waals surface area contributed by atoms with Crippen LogP contribution in [0, 0.1) is 6.92 Å². The molecule has 0 saturated heterocycles. The van der Waals surface area contributed by atoms with Gasteiger partial charge in [0, 0.05) is 5.02 Å². The van der Waals surface area contributed by atoms with Crippen molar-refractivity contribution in [3.8, 4) is 0 Å². The first kappa shape index (κ1) is 15.1. The van der Waals surface area contributed by atoms with Crippen molar-refractivity contribution in [3.63, 3.8) is 0 Å². The summed E-state index contributed by atoms with van der Waals surface area (Å²) in [7, 11) is 0. The highest BCUT2D eigenvalue weighted by atomic mass is 35.5. The average Bonchev–Trinajstić information content (AvgIpc) is 2.75. The molecule has 1 heterocycles. The molecule has 0 radical (unpaired) electrons. The van der Waals surface area contributed by atoms with E-state index in [2.05, 4.69) is 9.69 Å². The number of esters is 1. The summed E-state index contributed by atoms with van der Waals surface area (Å²) in [5.74, 6) is -0.403. The number of hydrogen-bond donors (Lipinski definition) is 1. The van der Waals surface area contributed by atoms with Crippen molar-refractivity contribution in [3.05, 3.63) is 39.5 Å². The van der Waals surface area contributed by atoms with Gasteiger partial charge in [0.15, 0.2) is 0 Å². The first-order valence-corrected chi connectivity index (χ1v) is 7.41. The van der Waals surface area contributed by atoms with Gasteiger partial charge in [0.2, 0.25) is 0 Å². The number of ether oxygens (including phenoxy) is 1. The van der Waals surface area contributed by atoms with E-state index in [1.807, 2.05) is 0 Å². The highest BCUT2D eigenvalue weighted by Gasteiger charge is 2.20. The summed E-state index contributed by atoms with van der Waals surface area (Å²) in [6.45, 7) is 3.83. The molecule has 1 aromatic carbocycles. The van der Waals surface area contributed by atoms with Crippen LogP contribution in [0.25, 0.3) is 0 Å². The summed E-state index contributed by atoms with van der Waals surface area (Å²) in [4.78, 5) is 11.9. The van der Waals surface area contributed by atoms with Gasteiger partial charge in [-0.1, -0.05) is 23.2 Å². The lowest BCUT2D eigenvalue weighted by Crippen LogP contribution is -2.07. The number of halogens is 2. The number of aromatic nitrogens is 1. The summed E-state index contributed by atoms with van der Waals surface area (Å²) in [6.07, 6.45) is 0. The normalized spacial score (nSPS) is 10.4. The van der Waals surface area contributed by atoms with Crippen LogP contribution in [0.5, 0.6) is 0 Å². The van der Waals surface area contributed by atoms with Gasteiger partial charge in [-0.25, -0.2) is 4.79 Å². The van der Waals surface area contributed by atoms with Crippen molar-refractivity contribution in [1.29, 1.82) is 0 Å². The van der Waals surface area contributed by atoms with E-state index in [0.29, 0.717) is 38.6 Å². The van der Waals surface area contributed by atoms with Crippen LogP contribution in [0.4, 0.5) is 10.7 Å². The Morgan fingerprint density at radius 3 is 2.90 bits per heavy atom. The van der Waals surface area contributed by atoms with Gasteiger partial charge in [0.05, 0.1) is 23.0 Å². The van der Waals surface area contributed by atoms with E-state index in [-0.39, 0.29) is 0 Å². The third-order valence-corrected chi connectivity index (χ3v) is 3.94. The zero-order valence-electron chi connectivity index (χ0n) is 10.9. The molecule has 2 rings (SSSR count). The van der Waals surface area contributed by atoms with Crippen LogP contribution in [0.3, 0.4) is 0 Å². The number of carbonyl (C=O) groups excluding carboxylic acids is 1. The maximum atomic E-state index is 11.9. The highest BCUT2D eigenvalue weighted by Crippen LogP contribution is 2.33. The zero-order valence-corrected chi connectivity index (χ0v) is 13.2. The molecule has 0 saturated carbocycles. The van der Waals surface area contributed by atoms with Crippen LogP contribution < -0.4 is 5.32 Å². The molecule has 0 aliphatic rings. The van der Waals surface area contributed by atoms with Gasteiger partial charge >= 0.3 is 5.97 Å². The molecule has 1 aromatic heterocycles. The molecule has 0 aliphatic carbocycles. The molecule has 0 unspecified atom stereocenters. The van der Waals surface area contributed by atoms with Crippen molar-refractivity contribution >= 4 is 51.4 Å². The number of hydrogen-bond acceptors (Lipinski definition) is 5. The van der Waals surface area contributed by atoms with E-state index in [1.54, 1.807) is 32.0 Å². The molecule has 0 aliphatic heterocycles. The maximum absolute atomic E-state index is 11.9. The SMILES string of the molecule is CCOC(=O)c1c(C)nsc1Nc1cc(Cl)ccc1Cl. The van der Waals surface area contributed by atoms with Gasteiger partial charge < -0.3 is 10.1 Å². The van der Waals surface area contributed by atoms with Crippen molar-refractivity contribution in [2.75, 3.05) is 11.9 Å². The highest BCUT2D eigenvalue weighted by molar-refractivity contribution is 7.10. The topological polar surface area (TPSA) is 51.2 Å². The Labute approximate surface area is 130 Å². The lowest BCUT2D eigenvalue weighted by Gasteiger charge is -2.09. The molecule has 0 fully saturated rings. The lowest BCUT2D eigenvalue weighted by atomic mass is 10.2. The first-order valence-electron chi connectivity index (χ1n) is 5.88. The summed E-state index contributed by atoms with van der Waals surface area (Å²) < 4.78 is 9.20. The molecule has 0 bridgehead atoms. The van der Waals surface area contributed by atoms with E-state index < -0.39 is 5.97 Å². The second kappa shape index (κ2) is 6.43. The Bertz CT molecular complexity index is 643. The van der Waals surface area contributed by atoms with Gasteiger partial charge in [0.1, 0.15) is 10.6 Å². The Kier molecular flexibility index (Phi) is 4.86. The quantitative estimate of drug-likeness (QED) is 0.827. The predicted octanol–water partition coefficient (Wildman–Crippen LogP) is 4.68. The predicted molar refractivity (Wildman–Crippen MR) is 82.6 cm³/mol. The van der Waals surface area contributed by atoms with Gasteiger partial charge in [-0.3, -0.25) is 0 Å². The first-order chi connectivity index (χ1) is 9.52. The third-order valence-electron chi connectivity index (χ3n) is 2.52. The van der Waals surface area contributed by atoms with Crippen LogP contribution in [0.15, 0.2) is 18.2 Å². The van der Waals surface area contributed by atoms with Gasteiger partial charge in [0.25, 0.3) is 0 Å². The molecule has 0 amide bonds. The number of nitrogens with zero attached hydrogens (tertiary/aromatic N) is 1. The Morgan fingerprint density at radius 1 is 1.45 bits per heavy atom. The van der Waals surface area contributed by atoms with Crippen LogP contribution in [-0.4, -0.2) is 16.9 Å².